The number of aryl methyl sites for hydroxylation is 1. The summed E-state index contributed by atoms with van der Waals surface area (Å²) in [6.45, 7) is 9.66. The Balaban J connectivity index is 1.25. The van der Waals surface area contributed by atoms with E-state index >= 15 is 0 Å². The maximum absolute atomic E-state index is 11.8. The van der Waals surface area contributed by atoms with Crippen molar-refractivity contribution in [1.29, 1.82) is 0 Å². The van der Waals surface area contributed by atoms with Gasteiger partial charge >= 0.3 is 6.01 Å². The van der Waals surface area contributed by atoms with Crippen molar-refractivity contribution in [2.75, 3.05) is 24.2 Å². The zero-order valence-electron chi connectivity index (χ0n) is 21.5. The second kappa shape index (κ2) is 9.97. The molecule has 4 aromatic heterocycles. The summed E-state index contributed by atoms with van der Waals surface area (Å²) in [6.07, 6.45) is 3.08. The number of aromatic nitrogens is 5. The zero-order chi connectivity index (χ0) is 26.3. The lowest BCUT2D eigenvalue weighted by Gasteiger charge is -2.33. The van der Waals surface area contributed by atoms with Gasteiger partial charge in [-0.2, -0.15) is 4.98 Å². The smallest absolute Gasteiger partial charge is 0.324 e. The van der Waals surface area contributed by atoms with Crippen LogP contribution in [0, 0.1) is 12.8 Å². The second-order valence-corrected chi connectivity index (χ2v) is 12.7. The Morgan fingerprint density at radius 3 is 2.46 bits per heavy atom. The van der Waals surface area contributed by atoms with Gasteiger partial charge in [0.2, 0.25) is 0 Å². The highest BCUT2D eigenvalue weighted by Gasteiger charge is 2.28. The number of hydrogen-bond donors (Lipinski definition) is 0. The summed E-state index contributed by atoms with van der Waals surface area (Å²) in [6, 6.07) is 7.64. The molecular formula is C25H30N6O4S2. The summed E-state index contributed by atoms with van der Waals surface area (Å²) in [5, 5.41) is 4.72. The number of nitrogens with zero attached hydrogens (tertiary/aromatic N) is 6. The fourth-order valence-electron chi connectivity index (χ4n) is 4.42. The molecule has 5 rings (SSSR count). The van der Waals surface area contributed by atoms with Crippen LogP contribution in [-0.4, -0.2) is 59.0 Å². The average Bonchev–Trinajstić information content (AvgIpc) is 3.50. The van der Waals surface area contributed by atoms with Gasteiger partial charge in [-0.05, 0) is 56.9 Å². The van der Waals surface area contributed by atoms with Crippen molar-refractivity contribution < 1.29 is 17.7 Å². The Hall–Kier alpha value is -3.12. The standard InChI is InChI=1S/C25H30N6O4S2/c1-14(2)22-29-24(35-30-22)31-12-10-17(11-13-31)16(4)34-25-28-20-8-7-19(27-23(20)36-25)18-6-9-21(26-15(18)3)37(5,32)33/h6-9,14,16-17H,10-13H2,1-5H3/t16-/m0/s1. The monoisotopic (exact) mass is 542 g/mol. The van der Waals surface area contributed by atoms with Crippen LogP contribution < -0.4 is 9.64 Å². The quantitative estimate of drug-likeness (QED) is 0.326. The Bertz CT molecular complexity index is 1520. The summed E-state index contributed by atoms with van der Waals surface area (Å²) < 4.78 is 35.3. The van der Waals surface area contributed by atoms with Crippen LogP contribution in [0.2, 0.25) is 0 Å². The van der Waals surface area contributed by atoms with E-state index < -0.39 is 9.84 Å². The minimum absolute atomic E-state index is 0.00562. The normalized spacial score (nSPS) is 16.0. The first-order chi connectivity index (χ1) is 17.6. The van der Waals surface area contributed by atoms with E-state index in [1.807, 2.05) is 12.1 Å². The van der Waals surface area contributed by atoms with Gasteiger partial charge in [0.25, 0.3) is 5.19 Å². The molecule has 0 aliphatic carbocycles. The lowest BCUT2D eigenvalue weighted by Crippen LogP contribution is -2.38. The van der Waals surface area contributed by atoms with E-state index in [2.05, 4.69) is 45.8 Å². The molecule has 0 aromatic carbocycles. The molecule has 0 radical (unpaired) electrons. The predicted molar refractivity (Wildman–Crippen MR) is 142 cm³/mol. The van der Waals surface area contributed by atoms with Gasteiger partial charge in [-0.1, -0.05) is 30.3 Å². The summed E-state index contributed by atoms with van der Waals surface area (Å²) in [5.41, 5.74) is 2.88. The molecule has 0 spiro atoms. The van der Waals surface area contributed by atoms with E-state index in [4.69, 9.17) is 14.2 Å². The number of rotatable bonds is 7. The third kappa shape index (κ3) is 5.45. The third-order valence-corrected chi connectivity index (χ3v) is 8.50. The van der Waals surface area contributed by atoms with Gasteiger partial charge in [-0.25, -0.2) is 23.4 Å². The van der Waals surface area contributed by atoms with Crippen LogP contribution in [0.4, 0.5) is 6.01 Å². The van der Waals surface area contributed by atoms with E-state index in [9.17, 15) is 8.42 Å². The maximum atomic E-state index is 11.8. The van der Waals surface area contributed by atoms with Crippen molar-refractivity contribution in [2.45, 2.75) is 57.6 Å². The molecule has 37 heavy (non-hydrogen) atoms. The molecule has 1 fully saturated rings. The van der Waals surface area contributed by atoms with Gasteiger partial charge < -0.3 is 14.2 Å². The van der Waals surface area contributed by atoms with E-state index in [-0.39, 0.29) is 17.0 Å². The van der Waals surface area contributed by atoms with E-state index in [1.165, 1.54) is 17.4 Å². The lowest BCUT2D eigenvalue weighted by atomic mass is 9.92. The van der Waals surface area contributed by atoms with Gasteiger partial charge in [0.15, 0.2) is 20.7 Å². The Kier molecular flexibility index (Phi) is 6.88. The first-order valence-corrected chi connectivity index (χ1v) is 15.0. The summed E-state index contributed by atoms with van der Waals surface area (Å²) in [5.74, 6) is 1.36. The van der Waals surface area contributed by atoms with Gasteiger partial charge in [-0.3, -0.25) is 0 Å². The molecule has 12 heteroatoms. The van der Waals surface area contributed by atoms with E-state index in [0.717, 1.165) is 59.6 Å². The van der Waals surface area contributed by atoms with Crippen LogP contribution in [0.15, 0.2) is 33.8 Å². The number of hydrogen-bond acceptors (Lipinski definition) is 11. The topological polar surface area (TPSA) is 124 Å². The van der Waals surface area contributed by atoms with E-state index in [0.29, 0.717) is 22.8 Å². The lowest BCUT2D eigenvalue weighted by molar-refractivity contribution is 0.131. The summed E-state index contributed by atoms with van der Waals surface area (Å²) >= 11 is 1.41. The minimum atomic E-state index is -3.37. The number of thiazole rings is 1. The molecule has 0 amide bonds. The molecule has 5 heterocycles. The maximum Gasteiger partial charge on any atom is 0.324 e. The Labute approximate surface area is 220 Å². The zero-order valence-corrected chi connectivity index (χ0v) is 23.1. The molecule has 196 valence electrons. The van der Waals surface area contributed by atoms with Gasteiger partial charge in [-0.15, -0.1) is 0 Å². The van der Waals surface area contributed by atoms with Crippen molar-refractivity contribution in [3.63, 3.8) is 0 Å². The predicted octanol–water partition coefficient (Wildman–Crippen LogP) is 4.66. The SMILES string of the molecule is Cc1nc(S(C)(=O)=O)ccc1-c1ccc2nc(O[C@@H](C)C3CCN(c4nc(C(C)C)no4)CC3)sc2n1. The largest absolute Gasteiger partial charge is 0.467 e. The molecule has 10 nitrogen and oxygen atoms in total. The van der Waals surface area contributed by atoms with Crippen LogP contribution in [0.3, 0.4) is 0 Å². The second-order valence-electron chi connectivity index (χ2n) is 9.79. The fraction of sp³-hybridized carbons (Fsp3) is 0.480. The van der Waals surface area contributed by atoms with Gasteiger partial charge in [0.1, 0.15) is 16.5 Å². The summed E-state index contributed by atoms with van der Waals surface area (Å²) in [7, 11) is -3.37. The van der Waals surface area contributed by atoms with Crippen LogP contribution in [0.25, 0.3) is 21.6 Å². The fourth-order valence-corrected chi connectivity index (χ4v) is 5.91. The first-order valence-electron chi connectivity index (χ1n) is 12.3. The Morgan fingerprint density at radius 2 is 1.81 bits per heavy atom. The number of pyridine rings is 2. The molecular weight excluding hydrogens is 512 g/mol. The molecule has 1 aliphatic heterocycles. The van der Waals surface area contributed by atoms with Crippen molar-refractivity contribution in [2.24, 2.45) is 5.92 Å². The molecule has 1 aliphatic rings. The van der Waals surface area contributed by atoms with Gasteiger partial charge in [0.05, 0.1) is 5.69 Å². The van der Waals surface area contributed by atoms with Gasteiger partial charge in [0, 0.05) is 36.5 Å². The van der Waals surface area contributed by atoms with Crippen LogP contribution in [0.5, 0.6) is 5.19 Å². The molecule has 1 saturated heterocycles. The highest BCUT2D eigenvalue weighted by molar-refractivity contribution is 7.90. The highest BCUT2D eigenvalue weighted by atomic mass is 32.2. The molecule has 0 N–H and O–H groups in total. The highest BCUT2D eigenvalue weighted by Crippen LogP contribution is 2.33. The summed E-state index contributed by atoms with van der Waals surface area (Å²) in [4.78, 5) is 21.1. The van der Waals surface area contributed by atoms with E-state index in [1.54, 1.807) is 13.0 Å². The Morgan fingerprint density at radius 1 is 1.05 bits per heavy atom. The molecule has 1 atom stereocenters. The number of anilines is 1. The molecule has 0 bridgehead atoms. The number of ether oxygens (including phenoxy) is 1. The molecule has 4 aromatic rings. The molecule has 0 unspecified atom stereocenters. The number of piperidine rings is 1. The average molecular weight is 543 g/mol. The third-order valence-electron chi connectivity index (χ3n) is 6.66. The van der Waals surface area contributed by atoms with Crippen molar-refractivity contribution >= 4 is 37.5 Å². The minimum Gasteiger partial charge on any atom is -0.467 e. The molecule has 0 saturated carbocycles. The van der Waals surface area contributed by atoms with Crippen molar-refractivity contribution in [3.8, 4) is 16.5 Å². The number of sulfone groups is 1. The first kappa shape index (κ1) is 25.5. The van der Waals surface area contributed by atoms with Crippen molar-refractivity contribution in [3.05, 3.63) is 35.8 Å². The van der Waals surface area contributed by atoms with Crippen LogP contribution in [-0.2, 0) is 9.84 Å². The van der Waals surface area contributed by atoms with Crippen LogP contribution in [0.1, 0.15) is 51.0 Å². The van der Waals surface area contributed by atoms with Crippen LogP contribution >= 0.6 is 11.3 Å². The number of fused-ring (bicyclic) bond motifs is 1. The van der Waals surface area contributed by atoms with Crippen molar-refractivity contribution in [1.82, 2.24) is 25.1 Å².